The van der Waals surface area contributed by atoms with Crippen LogP contribution in [0, 0.1) is 5.82 Å². The minimum atomic E-state index is -0.535. The number of halogens is 2. The molecule has 1 spiro atoms. The number of aliphatic hydroxyl groups is 1. The molecule has 4 nitrogen and oxygen atoms in total. The van der Waals surface area contributed by atoms with Crippen molar-refractivity contribution in [1.82, 2.24) is 4.90 Å². The molecule has 2 aliphatic heterocycles. The van der Waals surface area contributed by atoms with E-state index in [1.54, 1.807) is 4.90 Å². The van der Waals surface area contributed by atoms with Crippen molar-refractivity contribution in [3.8, 4) is 0 Å². The Morgan fingerprint density at radius 3 is 2.57 bits per heavy atom. The molecule has 4 rings (SSSR count). The minimum absolute atomic E-state index is 0.0521. The van der Waals surface area contributed by atoms with Crippen molar-refractivity contribution < 1.29 is 19.0 Å². The van der Waals surface area contributed by atoms with E-state index in [-0.39, 0.29) is 17.0 Å². The van der Waals surface area contributed by atoms with Gasteiger partial charge in [0.25, 0.3) is 5.91 Å². The number of carbonyl (C=O) groups excluding carboxylic acids is 1. The van der Waals surface area contributed by atoms with Gasteiger partial charge in [0.15, 0.2) is 0 Å². The number of benzene rings is 2. The average Bonchev–Trinajstić information content (AvgIpc) is 2.70. The van der Waals surface area contributed by atoms with Crippen molar-refractivity contribution in [3.63, 3.8) is 0 Å². The number of rotatable bonds is 2. The normalized spacial score (nSPS) is 24.3. The van der Waals surface area contributed by atoms with Gasteiger partial charge in [-0.2, -0.15) is 0 Å². The van der Waals surface area contributed by atoms with Gasteiger partial charge in [0.1, 0.15) is 5.82 Å². The number of nitrogens with zero attached hydrogens (tertiary/aromatic N) is 1. The molecule has 1 amide bonds. The maximum Gasteiger partial charge on any atom is 0.253 e. The molecule has 2 heterocycles. The highest BCUT2D eigenvalue weighted by molar-refractivity contribution is 6.31. The first kappa shape index (κ1) is 19.4. The summed E-state index contributed by atoms with van der Waals surface area (Å²) in [5.74, 6) is -0.694. The molecule has 0 aromatic heterocycles. The number of piperidine rings is 1. The van der Waals surface area contributed by atoms with E-state index in [1.807, 2.05) is 30.3 Å². The molecule has 6 heteroatoms. The van der Waals surface area contributed by atoms with Crippen molar-refractivity contribution >= 4 is 17.5 Å². The van der Waals surface area contributed by atoms with Crippen LogP contribution in [0.15, 0.2) is 48.5 Å². The van der Waals surface area contributed by atoms with Crippen LogP contribution in [0.5, 0.6) is 0 Å². The third-order valence-electron chi connectivity index (χ3n) is 5.79. The van der Waals surface area contributed by atoms with Crippen LogP contribution in [0.1, 0.15) is 47.7 Å². The van der Waals surface area contributed by atoms with E-state index >= 15 is 0 Å². The lowest BCUT2D eigenvalue weighted by molar-refractivity contribution is -0.181. The molecule has 2 saturated heterocycles. The predicted octanol–water partition coefficient (Wildman–Crippen LogP) is 4.37. The van der Waals surface area contributed by atoms with E-state index in [1.165, 1.54) is 18.2 Å². The molecular formula is C22H23ClFNO3. The van der Waals surface area contributed by atoms with Crippen LogP contribution in [0.4, 0.5) is 4.39 Å². The van der Waals surface area contributed by atoms with Gasteiger partial charge in [-0.25, -0.2) is 4.39 Å². The van der Waals surface area contributed by atoms with Crippen LogP contribution < -0.4 is 0 Å². The number of hydrogen-bond acceptors (Lipinski definition) is 3. The van der Waals surface area contributed by atoms with Crippen LogP contribution in [0.2, 0.25) is 5.02 Å². The number of ether oxygens (including phenoxy) is 1. The average molecular weight is 404 g/mol. The summed E-state index contributed by atoms with van der Waals surface area (Å²) in [6.45, 7) is 1.06. The maximum atomic E-state index is 13.4. The lowest BCUT2D eigenvalue weighted by Gasteiger charge is -2.48. The van der Waals surface area contributed by atoms with Crippen molar-refractivity contribution in [3.05, 3.63) is 70.5 Å². The molecule has 0 aliphatic carbocycles. The van der Waals surface area contributed by atoms with Crippen molar-refractivity contribution in [2.75, 3.05) is 13.1 Å². The monoisotopic (exact) mass is 403 g/mol. The summed E-state index contributed by atoms with van der Waals surface area (Å²) in [7, 11) is 0. The van der Waals surface area contributed by atoms with Crippen molar-refractivity contribution in [2.45, 2.75) is 43.5 Å². The zero-order valence-corrected chi connectivity index (χ0v) is 16.2. The first-order valence-corrected chi connectivity index (χ1v) is 9.99. The summed E-state index contributed by atoms with van der Waals surface area (Å²) in [6, 6.07) is 14.0. The van der Waals surface area contributed by atoms with Gasteiger partial charge >= 0.3 is 0 Å². The van der Waals surface area contributed by atoms with Gasteiger partial charge in [0.05, 0.1) is 22.8 Å². The number of hydrogen-bond donors (Lipinski definition) is 1. The van der Waals surface area contributed by atoms with E-state index in [9.17, 15) is 14.3 Å². The van der Waals surface area contributed by atoms with Gasteiger partial charge in [-0.05, 0) is 36.6 Å². The summed E-state index contributed by atoms with van der Waals surface area (Å²) in [4.78, 5) is 14.5. The minimum Gasteiger partial charge on any atom is -0.393 e. The lowest BCUT2D eigenvalue weighted by atomic mass is 9.81. The quantitative estimate of drug-likeness (QED) is 0.810. The van der Waals surface area contributed by atoms with E-state index in [0.717, 1.165) is 5.56 Å². The molecule has 148 valence electrons. The van der Waals surface area contributed by atoms with Crippen LogP contribution in [0.25, 0.3) is 0 Å². The number of likely N-dealkylation sites (tertiary alicyclic amines) is 1. The first-order valence-electron chi connectivity index (χ1n) is 9.61. The molecule has 1 N–H and O–H groups in total. The summed E-state index contributed by atoms with van der Waals surface area (Å²) in [6.07, 6.45) is 1.94. The van der Waals surface area contributed by atoms with Crippen molar-refractivity contribution in [1.29, 1.82) is 0 Å². The summed E-state index contributed by atoms with van der Waals surface area (Å²) >= 11 is 5.81. The Morgan fingerprint density at radius 2 is 1.89 bits per heavy atom. The molecular weight excluding hydrogens is 381 g/mol. The molecule has 2 aromatic carbocycles. The summed E-state index contributed by atoms with van der Waals surface area (Å²) < 4.78 is 19.8. The van der Waals surface area contributed by atoms with Gasteiger partial charge in [-0.3, -0.25) is 4.79 Å². The fourth-order valence-corrected chi connectivity index (χ4v) is 4.46. The van der Waals surface area contributed by atoms with Gasteiger partial charge in [-0.1, -0.05) is 41.9 Å². The lowest BCUT2D eigenvalue weighted by Crippen LogP contribution is -2.52. The molecule has 2 aromatic rings. The second-order valence-corrected chi connectivity index (χ2v) is 8.12. The van der Waals surface area contributed by atoms with E-state index < -0.39 is 17.5 Å². The standard InChI is InChI=1S/C22H23ClFNO3/c23-18-12-16(6-7-19(18)24)21(27)25-10-8-22(9-11-25)14-17(26)13-20(28-22)15-4-2-1-3-5-15/h1-7,12,17,20,26H,8-11,13-14H2/t17-,20-/m1/s1. The second-order valence-electron chi connectivity index (χ2n) is 7.71. The molecule has 0 unspecified atom stereocenters. The van der Waals surface area contributed by atoms with Gasteiger partial charge in [0, 0.05) is 31.5 Å². The number of amides is 1. The molecule has 28 heavy (non-hydrogen) atoms. The zero-order valence-electron chi connectivity index (χ0n) is 15.5. The Hall–Kier alpha value is -1.95. The molecule has 0 radical (unpaired) electrons. The van der Waals surface area contributed by atoms with E-state index in [0.29, 0.717) is 44.3 Å². The van der Waals surface area contributed by atoms with Crippen LogP contribution >= 0.6 is 11.6 Å². The second kappa shape index (κ2) is 7.82. The van der Waals surface area contributed by atoms with Crippen LogP contribution in [-0.2, 0) is 4.74 Å². The summed E-state index contributed by atoms with van der Waals surface area (Å²) in [5.41, 5.74) is 1.03. The largest absolute Gasteiger partial charge is 0.393 e. The van der Waals surface area contributed by atoms with Gasteiger partial charge in [-0.15, -0.1) is 0 Å². The van der Waals surface area contributed by atoms with E-state index in [4.69, 9.17) is 16.3 Å². The highest BCUT2D eigenvalue weighted by Gasteiger charge is 2.44. The third-order valence-corrected chi connectivity index (χ3v) is 6.08. The molecule has 2 fully saturated rings. The Labute approximate surface area is 168 Å². The van der Waals surface area contributed by atoms with Crippen LogP contribution in [0.3, 0.4) is 0 Å². The molecule has 0 saturated carbocycles. The van der Waals surface area contributed by atoms with Gasteiger partial charge < -0.3 is 14.7 Å². The SMILES string of the molecule is O=C(c1ccc(F)c(Cl)c1)N1CCC2(CC1)C[C@H](O)C[C@H](c1ccccc1)O2. The Kier molecular flexibility index (Phi) is 5.41. The molecule has 2 aliphatic rings. The van der Waals surface area contributed by atoms with Crippen LogP contribution in [-0.4, -0.2) is 40.7 Å². The Morgan fingerprint density at radius 1 is 1.18 bits per heavy atom. The predicted molar refractivity (Wildman–Crippen MR) is 105 cm³/mol. The Bertz CT molecular complexity index is 852. The maximum absolute atomic E-state index is 13.4. The van der Waals surface area contributed by atoms with Crippen molar-refractivity contribution in [2.24, 2.45) is 0 Å². The van der Waals surface area contributed by atoms with E-state index in [2.05, 4.69) is 0 Å². The van der Waals surface area contributed by atoms with Gasteiger partial charge in [0.2, 0.25) is 0 Å². The Balaban J connectivity index is 1.45. The highest BCUT2D eigenvalue weighted by Crippen LogP contribution is 2.43. The molecule has 0 bridgehead atoms. The smallest absolute Gasteiger partial charge is 0.253 e. The summed E-state index contributed by atoms with van der Waals surface area (Å²) in [5, 5.41) is 10.4. The highest BCUT2D eigenvalue weighted by atomic mass is 35.5. The topological polar surface area (TPSA) is 49.8 Å². The number of carbonyl (C=O) groups is 1. The first-order chi connectivity index (χ1) is 13.5. The number of aliphatic hydroxyl groups excluding tert-OH is 1. The fraction of sp³-hybridized carbons (Fsp3) is 0.409. The fourth-order valence-electron chi connectivity index (χ4n) is 4.28. The zero-order chi connectivity index (χ0) is 19.7. The molecule has 2 atom stereocenters. The third kappa shape index (κ3) is 3.93.